The molecule has 2 aliphatic rings. The van der Waals surface area contributed by atoms with Crippen molar-refractivity contribution in [1.29, 1.82) is 0 Å². The molecule has 4 nitrogen and oxygen atoms in total. The van der Waals surface area contributed by atoms with Crippen LogP contribution in [0.2, 0.25) is 0 Å². The number of carbonyl (C=O) groups is 1. The Morgan fingerprint density at radius 1 is 1.32 bits per heavy atom. The first-order valence-electron chi connectivity index (χ1n) is 8.51. The van der Waals surface area contributed by atoms with E-state index in [0.29, 0.717) is 12.5 Å². The Morgan fingerprint density at radius 3 is 2.95 bits per heavy atom. The highest BCUT2D eigenvalue weighted by Gasteiger charge is 2.27. The summed E-state index contributed by atoms with van der Waals surface area (Å²) < 4.78 is 0. The molecule has 0 spiro atoms. The van der Waals surface area contributed by atoms with Crippen molar-refractivity contribution < 1.29 is 4.79 Å². The number of carbonyl (C=O) groups excluding carboxylic acids is 1. The minimum Gasteiger partial charge on any atom is -0.328 e. The molecule has 2 atom stereocenters. The number of amides is 1. The molecule has 0 aliphatic carbocycles. The van der Waals surface area contributed by atoms with Crippen molar-refractivity contribution in [3.8, 4) is 0 Å². The average Bonchev–Trinajstić information content (AvgIpc) is 2.54. The van der Waals surface area contributed by atoms with Crippen molar-refractivity contribution in [2.45, 2.75) is 38.6 Å². The van der Waals surface area contributed by atoms with Gasteiger partial charge in [-0.2, -0.15) is 0 Å². The maximum Gasteiger partial charge on any atom is 0.241 e. The predicted octanol–water partition coefficient (Wildman–Crippen LogP) is 2.03. The van der Waals surface area contributed by atoms with Crippen molar-refractivity contribution in [3.05, 3.63) is 29.8 Å². The smallest absolute Gasteiger partial charge is 0.241 e. The SMILES string of the molecule is CC(N)C1CCCN(CC(=O)N2CCCc3ccccc32)C1. The number of aryl methyl sites for hydroxylation is 1. The molecule has 0 radical (unpaired) electrons. The fourth-order valence-electron chi connectivity index (χ4n) is 3.73. The molecule has 2 heterocycles. The van der Waals surface area contributed by atoms with Crippen LogP contribution in [-0.4, -0.2) is 43.0 Å². The minimum atomic E-state index is 0.216. The second-order valence-electron chi connectivity index (χ2n) is 6.77. The topological polar surface area (TPSA) is 49.6 Å². The van der Waals surface area contributed by atoms with E-state index in [4.69, 9.17) is 5.73 Å². The maximum atomic E-state index is 12.8. The standard InChI is InChI=1S/C18H27N3O/c1-14(19)16-8-4-10-20(12-16)13-18(22)21-11-5-7-15-6-2-3-9-17(15)21/h2-3,6,9,14,16H,4-5,7-8,10-13,19H2,1H3. The quantitative estimate of drug-likeness (QED) is 0.929. The summed E-state index contributed by atoms with van der Waals surface area (Å²) in [4.78, 5) is 17.0. The van der Waals surface area contributed by atoms with Crippen LogP contribution in [0.3, 0.4) is 0 Å². The summed E-state index contributed by atoms with van der Waals surface area (Å²) in [6.07, 6.45) is 4.48. The number of rotatable bonds is 3. The van der Waals surface area contributed by atoms with Crippen molar-refractivity contribution in [3.63, 3.8) is 0 Å². The van der Waals surface area contributed by atoms with Crippen LogP contribution < -0.4 is 10.6 Å². The molecular formula is C18H27N3O. The third-order valence-electron chi connectivity index (χ3n) is 5.06. The summed E-state index contributed by atoms with van der Waals surface area (Å²) in [5, 5.41) is 0. The molecule has 0 saturated carbocycles. The summed E-state index contributed by atoms with van der Waals surface area (Å²) in [5.41, 5.74) is 8.46. The first-order valence-corrected chi connectivity index (χ1v) is 8.51. The zero-order valence-electron chi connectivity index (χ0n) is 13.5. The van der Waals surface area contributed by atoms with Gasteiger partial charge in [-0.1, -0.05) is 18.2 Å². The zero-order chi connectivity index (χ0) is 15.5. The summed E-state index contributed by atoms with van der Waals surface area (Å²) in [7, 11) is 0. The van der Waals surface area contributed by atoms with Gasteiger partial charge in [0.2, 0.25) is 5.91 Å². The highest BCUT2D eigenvalue weighted by Crippen LogP contribution is 2.27. The first-order chi connectivity index (χ1) is 10.6. The van der Waals surface area contributed by atoms with Gasteiger partial charge in [0.05, 0.1) is 6.54 Å². The first kappa shape index (κ1) is 15.5. The molecule has 2 N–H and O–H groups in total. The summed E-state index contributed by atoms with van der Waals surface area (Å²) >= 11 is 0. The fraction of sp³-hybridized carbons (Fsp3) is 0.611. The molecule has 22 heavy (non-hydrogen) atoms. The largest absolute Gasteiger partial charge is 0.328 e. The second-order valence-corrected chi connectivity index (χ2v) is 6.77. The molecule has 1 fully saturated rings. The number of likely N-dealkylation sites (tertiary alicyclic amines) is 1. The van der Waals surface area contributed by atoms with E-state index in [0.717, 1.165) is 44.6 Å². The average molecular weight is 301 g/mol. The number of hydrogen-bond donors (Lipinski definition) is 1. The van der Waals surface area contributed by atoms with Crippen molar-refractivity contribution in [2.24, 2.45) is 11.7 Å². The number of hydrogen-bond acceptors (Lipinski definition) is 3. The minimum absolute atomic E-state index is 0.216. The van der Waals surface area contributed by atoms with Gasteiger partial charge in [-0.25, -0.2) is 0 Å². The van der Waals surface area contributed by atoms with Gasteiger partial charge in [-0.3, -0.25) is 9.69 Å². The van der Waals surface area contributed by atoms with Crippen molar-refractivity contribution >= 4 is 11.6 Å². The fourth-order valence-corrected chi connectivity index (χ4v) is 3.73. The molecule has 1 aromatic rings. The van der Waals surface area contributed by atoms with E-state index in [-0.39, 0.29) is 11.9 Å². The predicted molar refractivity (Wildman–Crippen MR) is 89.9 cm³/mol. The Bertz CT molecular complexity index is 529. The number of para-hydroxylation sites is 1. The number of anilines is 1. The summed E-state index contributed by atoms with van der Waals surface area (Å²) in [6, 6.07) is 8.52. The van der Waals surface area contributed by atoms with E-state index in [1.807, 2.05) is 11.0 Å². The third kappa shape index (κ3) is 3.33. The van der Waals surface area contributed by atoms with E-state index < -0.39 is 0 Å². The van der Waals surface area contributed by atoms with Gasteiger partial charge in [0.25, 0.3) is 0 Å². The van der Waals surface area contributed by atoms with Crippen LogP contribution in [0.1, 0.15) is 31.7 Å². The van der Waals surface area contributed by atoms with Gasteiger partial charge in [0, 0.05) is 24.8 Å². The number of piperidine rings is 1. The number of nitrogens with zero attached hydrogens (tertiary/aromatic N) is 2. The lowest BCUT2D eigenvalue weighted by molar-refractivity contribution is -0.120. The van der Waals surface area contributed by atoms with Gasteiger partial charge in [0.1, 0.15) is 0 Å². The van der Waals surface area contributed by atoms with Crippen LogP contribution in [0.4, 0.5) is 5.69 Å². The molecule has 3 rings (SSSR count). The maximum absolute atomic E-state index is 12.8. The van der Waals surface area contributed by atoms with E-state index in [2.05, 4.69) is 30.0 Å². The Balaban J connectivity index is 1.65. The number of benzene rings is 1. The van der Waals surface area contributed by atoms with E-state index in [1.54, 1.807) is 0 Å². The van der Waals surface area contributed by atoms with Crippen LogP contribution in [0.5, 0.6) is 0 Å². The van der Waals surface area contributed by atoms with Crippen LogP contribution in [0.15, 0.2) is 24.3 Å². The molecule has 2 unspecified atom stereocenters. The van der Waals surface area contributed by atoms with Crippen LogP contribution >= 0.6 is 0 Å². The molecule has 4 heteroatoms. The van der Waals surface area contributed by atoms with Gasteiger partial charge >= 0.3 is 0 Å². The Labute approximate surface area is 133 Å². The highest BCUT2D eigenvalue weighted by atomic mass is 16.2. The van der Waals surface area contributed by atoms with Gasteiger partial charge < -0.3 is 10.6 Å². The summed E-state index contributed by atoms with van der Waals surface area (Å²) in [5.74, 6) is 0.757. The Kier molecular flexibility index (Phi) is 4.79. The van der Waals surface area contributed by atoms with Crippen LogP contribution in [-0.2, 0) is 11.2 Å². The van der Waals surface area contributed by atoms with Gasteiger partial charge in [-0.15, -0.1) is 0 Å². The molecule has 1 saturated heterocycles. The lowest BCUT2D eigenvalue weighted by Gasteiger charge is -2.36. The Morgan fingerprint density at radius 2 is 2.14 bits per heavy atom. The highest BCUT2D eigenvalue weighted by molar-refractivity contribution is 5.95. The van der Waals surface area contributed by atoms with E-state index in [9.17, 15) is 4.79 Å². The van der Waals surface area contributed by atoms with Crippen LogP contribution in [0.25, 0.3) is 0 Å². The summed E-state index contributed by atoms with van der Waals surface area (Å²) in [6.45, 7) is 5.43. The molecular weight excluding hydrogens is 274 g/mol. The lowest BCUT2D eigenvalue weighted by atomic mass is 9.92. The van der Waals surface area contributed by atoms with Crippen molar-refractivity contribution in [2.75, 3.05) is 31.1 Å². The Hall–Kier alpha value is -1.39. The van der Waals surface area contributed by atoms with Crippen LogP contribution in [0, 0.1) is 5.92 Å². The molecule has 1 amide bonds. The van der Waals surface area contributed by atoms with E-state index >= 15 is 0 Å². The van der Waals surface area contributed by atoms with Crippen molar-refractivity contribution in [1.82, 2.24) is 4.90 Å². The molecule has 0 aromatic heterocycles. The molecule has 2 aliphatic heterocycles. The molecule has 1 aromatic carbocycles. The zero-order valence-corrected chi connectivity index (χ0v) is 13.5. The molecule has 0 bridgehead atoms. The van der Waals surface area contributed by atoms with Gasteiger partial charge in [0.15, 0.2) is 0 Å². The lowest BCUT2D eigenvalue weighted by Crippen LogP contribution is -2.48. The number of nitrogens with two attached hydrogens (primary N) is 1. The monoisotopic (exact) mass is 301 g/mol. The number of fused-ring (bicyclic) bond motifs is 1. The third-order valence-corrected chi connectivity index (χ3v) is 5.06. The normalized spacial score (nSPS) is 23.9. The second kappa shape index (κ2) is 6.80. The molecule has 120 valence electrons. The van der Waals surface area contributed by atoms with E-state index in [1.165, 1.54) is 12.0 Å². The van der Waals surface area contributed by atoms with Gasteiger partial charge in [-0.05, 0) is 56.7 Å².